The molecule has 2 aromatic rings. The highest BCUT2D eigenvalue weighted by atomic mass is 32.2. The van der Waals surface area contributed by atoms with Gasteiger partial charge in [0.15, 0.2) is 11.5 Å². The maximum absolute atomic E-state index is 12.3. The number of hydrogen-bond acceptors (Lipinski definition) is 7. The molecule has 4 bridgehead atoms. The van der Waals surface area contributed by atoms with Crippen molar-refractivity contribution in [3.05, 3.63) is 24.1 Å². The van der Waals surface area contributed by atoms with Crippen LogP contribution in [0.4, 0.5) is 5.69 Å². The van der Waals surface area contributed by atoms with Crippen LogP contribution in [0.2, 0.25) is 0 Å². The highest BCUT2D eigenvalue weighted by molar-refractivity contribution is 7.99. The molecule has 4 aliphatic carbocycles. The first-order valence-corrected chi connectivity index (χ1v) is 11.3. The van der Waals surface area contributed by atoms with Gasteiger partial charge in [-0.05, 0) is 68.4 Å². The van der Waals surface area contributed by atoms with Crippen molar-refractivity contribution in [2.75, 3.05) is 17.9 Å². The Bertz CT molecular complexity index is 924. The van der Waals surface area contributed by atoms with Gasteiger partial charge in [0, 0.05) is 17.2 Å². The average molecular weight is 413 g/mol. The SMILES string of the molecule is O=C(CSc1nnc(C23CC4CC(CC(C4)C2)C3)o1)Nc1ccc2c(c1)OCO2. The molecule has 1 aliphatic heterocycles. The number of nitrogens with one attached hydrogen (secondary N) is 1. The lowest BCUT2D eigenvalue weighted by Gasteiger charge is -2.55. The summed E-state index contributed by atoms with van der Waals surface area (Å²) < 4.78 is 16.7. The van der Waals surface area contributed by atoms with Crippen molar-refractivity contribution in [3.8, 4) is 11.5 Å². The molecule has 29 heavy (non-hydrogen) atoms. The number of anilines is 1. The monoisotopic (exact) mass is 413 g/mol. The molecule has 1 aromatic heterocycles. The first-order valence-electron chi connectivity index (χ1n) is 10.3. The van der Waals surface area contributed by atoms with Gasteiger partial charge in [0.1, 0.15) is 0 Å². The van der Waals surface area contributed by atoms with Gasteiger partial charge in [-0.1, -0.05) is 11.8 Å². The maximum Gasteiger partial charge on any atom is 0.277 e. The third kappa shape index (κ3) is 3.17. The van der Waals surface area contributed by atoms with Gasteiger partial charge in [-0.15, -0.1) is 10.2 Å². The molecule has 1 N–H and O–H groups in total. The van der Waals surface area contributed by atoms with E-state index in [4.69, 9.17) is 13.9 Å². The van der Waals surface area contributed by atoms with Crippen molar-refractivity contribution in [1.82, 2.24) is 10.2 Å². The van der Waals surface area contributed by atoms with Gasteiger partial charge in [-0.25, -0.2) is 0 Å². The molecule has 4 saturated carbocycles. The smallest absolute Gasteiger partial charge is 0.277 e. The molecule has 0 atom stereocenters. The molecule has 0 spiro atoms. The van der Waals surface area contributed by atoms with Crippen LogP contribution in [-0.2, 0) is 10.2 Å². The Balaban J connectivity index is 1.09. The minimum atomic E-state index is -0.122. The molecule has 1 aromatic carbocycles. The summed E-state index contributed by atoms with van der Waals surface area (Å²) in [5.74, 6) is 4.73. The second kappa shape index (κ2) is 6.65. The summed E-state index contributed by atoms with van der Waals surface area (Å²) in [5.41, 5.74) is 0.773. The fraction of sp³-hybridized carbons (Fsp3) is 0.571. The standard InChI is InChI=1S/C21H23N3O4S/c25-18(22-15-1-2-16-17(6-15)27-11-26-16)10-29-20-24-23-19(28-20)21-7-12-3-13(8-21)5-14(4-12)9-21/h1-2,6,12-14H,3-5,7-11H2,(H,22,25). The third-order valence-corrected chi connectivity index (χ3v) is 7.70. The van der Waals surface area contributed by atoms with Crippen LogP contribution in [0.1, 0.15) is 44.4 Å². The predicted molar refractivity (Wildman–Crippen MR) is 106 cm³/mol. The maximum atomic E-state index is 12.3. The lowest BCUT2D eigenvalue weighted by atomic mass is 9.49. The fourth-order valence-corrected chi connectivity index (χ4v) is 6.72. The summed E-state index contributed by atoms with van der Waals surface area (Å²) in [5, 5.41) is 12.0. The van der Waals surface area contributed by atoms with Crippen LogP contribution >= 0.6 is 11.8 Å². The number of aromatic nitrogens is 2. The number of hydrogen-bond donors (Lipinski definition) is 1. The van der Waals surface area contributed by atoms with E-state index in [2.05, 4.69) is 15.5 Å². The molecular weight excluding hydrogens is 390 g/mol. The second-order valence-electron chi connectivity index (χ2n) is 8.98. The zero-order valence-electron chi connectivity index (χ0n) is 16.1. The van der Waals surface area contributed by atoms with E-state index >= 15 is 0 Å². The Morgan fingerprint density at radius 1 is 1.07 bits per heavy atom. The molecule has 0 saturated heterocycles. The Morgan fingerprint density at radius 3 is 2.55 bits per heavy atom. The number of fused-ring (bicyclic) bond motifs is 1. The lowest BCUT2D eigenvalue weighted by Crippen LogP contribution is -2.48. The summed E-state index contributed by atoms with van der Waals surface area (Å²) in [6.45, 7) is 0.214. The van der Waals surface area contributed by atoms with Crippen LogP contribution in [0.5, 0.6) is 11.5 Å². The first kappa shape index (κ1) is 17.6. The minimum Gasteiger partial charge on any atom is -0.454 e. The molecule has 1 amide bonds. The minimum absolute atomic E-state index is 0.0926. The number of carbonyl (C=O) groups is 1. The van der Waals surface area contributed by atoms with Crippen molar-refractivity contribution in [2.45, 2.75) is 49.2 Å². The highest BCUT2D eigenvalue weighted by Crippen LogP contribution is 2.60. The number of thioether (sulfide) groups is 1. The number of benzene rings is 1. The average Bonchev–Trinajstić information content (AvgIpc) is 3.35. The first-order chi connectivity index (χ1) is 14.1. The summed E-state index contributed by atoms with van der Waals surface area (Å²) in [4.78, 5) is 12.3. The van der Waals surface area contributed by atoms with Gasteiger partial charge < -0.3 is 19.2 Å². The quantitative estimate of drug-likeness (QED) is 0.742. The third-order valence-electron chi connectivity index (χ3n) is 6.88. The second-order valence-corrected chi connectivity index (χ2v) is 9.90. The van der Waals surface area contributed by atoms with Crippen molar-refractivity contribution < 1.29 is 18.7 Å². The van der Waals surface area contributed by atoms with Gasteiger partial charge in [0.25, 0.3) is 5.22 Å². The Labute approximate surface area is 172 Å². The largest absolute Gasteiger partial charge is 0.454 e. The number of nitrogens with zero attached hydrogens (tertiary/aromatic N) is 2. The molecule has 5 aliphatic rings. The molecule has 0 radical (unpaired) electrons. The van der Waals surface area contributed by atoms with E-state index in [9.17, 15) is 4.79 Å². The van der Waals surface area contributed by atoms with E-state index in [0.29, 0.717) is 22.4 Å². The van der Waals surface area contributed by atoms with Gasteiger partial charge >= 0.3 is 0 Å². The number of carbonyl (C=O) groups excluding carboxylic acids is 1. The van der Waals surface area contributed by atoms with E-state index in [1.54, 1.807) is 18.2 Å². The Kier molecular flexibility index (Phi) is 4.04. The van der Waals surface area contributed by atoms with E-state index < -0.39 is 0 Å². The number of rotatable bonds is 5. The molecular formula is C21H23N3O4S. The van der Waals surface area contributed by atoms with Crippen molar-refractivity contribution in [1.29, 1.82) is 0 Å². The lowest BCUT2D eigenvalue weighted by molar-refractivity contribution is -0.113. The summed E-state index contributed by atoms with van der Waals surface area (Å²) in [6.07, 6.45) is 7.72. The van der Waals surface area contributed by atoms with Gasteiger partial charge in [0.05, 0.1) is 5.75 Å². The van der Waals surface area contributed by atoms with Crippen LogP contribution in [0.25, 0.3) is 0 Å². The van der Waals surface area contributed by atoms with Gasteiger partial charge in [-0.2, -0.15) is 0 Å². The fourth-order valence-electron chi connectivity index (χ4n) is 6.15. The zero-order valence-corrected chi connectivity index (χ0v) is 16.9. The normalized spacial score (nSPS) is 31.2. The van der Waals surface area contributed by atoms with Crippen LogP contribution in [-0.4, -0.2) is 28.7 Å². The van der Waals surface area contributed by atoms with E-state index in [1.165, 1.54) is 50.3 Å². The van der Waals surface area contributed by atoms with E-state index in [0.717, 1.165) is 23.6 Å². The van der Waals surface area contributed by atoms with Crippen molar-refractivity contribution in [2.24, 2.45) is 17.8 Å². The molecule has 7 rings (SSSR count). The summed E-state index contributed by atoms with van der Waals surface area (Å²) in [7, 11) is 0. The topological polar surface area (TPSA) is 86.5 Å². The number of ether oxygens (including phenoxy) is 2. The van der Waals surface area contributed by atoms with Crippen molar-refractivity contribution >= 4 is 23.4 Å². The number of amides is 1. The molecule has 8 heteroatoms. The summed E-state index contributed by atoms with van der Waals surface area (Å²) >= 11 is 1.29. The van der Waals surface area contributed by atoms with E-state index in [-0.39, 0.29) is 23.9 Å². The molecule has 152 valence electrons. The molecule has 4 fully saturated rings. The van der Waals surface area contributed by atoms with Crippen molar-refractivity contribution in [3.63, 3.8) is 0 Å². The van der Waals surface area contributed by atoms with E-state index in [1.807, 2.05) is 0 Å². The molecule has 2 heterocycles. The van der Waals surface area contributed by atoms with Gasteiger partial charge in [-0.3, -0.25) is 4.79 Å². The summed E-state index contributed by atoms with van der Waals surface area (Å²) in [6, 6.07) is 5.36. The molecule has 7 nitrogen and oxygen atoms in total. The van der Waals surface area contributed by atoms with Gasteiger partial charge in [0.2, 0.25) is 18.6 Å². The Hall–Kier alpha value is -2.22. The van der Waals surface area contributed by atoms with Crippen LogP contribution in [0.15, 0.2) is 27.8 Å². The predicted octanol–water partition coefficient (Wildman–Crippen LogP) is 4.00. The van der Waals surface area contributed by atoms with Crippen LogP contribution in [0.3, 0.4) is 0 Å². The van der Waals surface area contributed by atoms with Crippen LogP contribution < -0.4 is 14.8 Å². The highest BCUT2D eigenvalue weighted by Gasteiger charge is 2.54. The zero-order chi connectivity index (χ0) is 19.4. The van der Waals surface area contributed by atoms with Crippen LogP contribution in [0, 0.1) is 17.8 Å². The Morgan fingerprint density at radius 2 is 1.79 bits per heavy atom. The molecule has 0 unspecified atom stereocenters.